The first-order valence-electron chi connectivity index (χ1n) is 6.21. The molecule has 0 bridgehead atoms. The summed E-state index contributed by atoms with van der Waals surface area (Å²) in [6, 6.07) is 8.36. The smallest absolute Gasteiger partial charge is 0.102 e. The molecule has 0 radical (unpaired) electrons. The zero-order chi connectivity index (χ0) is 13.8. The van der Waals surface area contributed by atoms with Gasteiger partial charge in [0.05, 0.1) is 16.9 Å². The first-order valence-corrected chi connectivity index (χ1v) is 6.21. The number of aryl methyl sites for hydroxylation is 1. The molecule has 1 atom stereocenters. The highest BCUT2D eigenvalue weighted by Gasteiger charge is 2.20. The van der Waals surface area contributed by atoms with Crippen molar-refractivity contribution < 1.29 is 4.74 Å². The van der Waals surface area contributed by atoms with Crippen LogP contribution in [0.4, 0.5) is 5.69 Å². The first-order chi connectivity index (χ1) is 8.39. The van der Waals surface area contributed by atoms with Crippen molar-refractivity contribution in [1.29, 1.82) is 5.26 Å². The molecule has 1 unspecified atom stereocenters. The van der Waals surface area contributed by atoms with E-state index in [1.165, 1.54) is 0 Å². The quantitative estimate of drug-likeness (QED) is 0.865. The number of rotatable bonds is 5. The van der Waals surface area contributed by atoms with Gasteiger partial charge in [0.1, 0.15) is 6.07 Å². The molecule has 1 N–H and O–H groups in total. The second-order valence-corrected chi connectivity index (χ2v) is 5.32. The van der Waals surface area contributed by atoms with Gasteiger partial charge in [-0.1, -0.05) is 12.1 Å². The lowest BCUT2D eigenvalue weighted by molar-refractivity contribution is 0.0128. The van der Waals surface area contributed by atoms with Gasteiger partial charge in [0.2, 0.25) is 0 Å². The molecule has 3 nitrogen and oxygen atoms in total. The largest absolute Gasteiger partial charge is 0.381 e. The fourth-order valence-electron chi connectivity index (χ4n) is 2.07. The topological polar surface area (TPSA) is 45.0 Å². The van der Waals surface area contributed by atoms with Crippen LogP contribution in [0.25, 0.3) is 0 Å². The molecule has 1 aromatic carbocycles. The fraction of sp³-hybridized carbons (Fsp3) is 0.533. The van der Waals surface area contributed by atoms with E-state index in [1.54, 1.807) is 7.11 Å². The minimum atomic E-state index is -0.164. The van der Waals surface area contributed by atoms with Crippen LogP contribution in [0.15, 0.2) is 18.2 Å². The summed E-state index contributed by atoms with van der Waals surface area (Å²) in [6.07, 6.45) is 0.877. The standard InChI is InChI=1S/C15H22N2O/c1-11-7-6-8-14(13(11)10-16)17-12(2)9-15(3,4)18-5/h6-8,12,17H,9H2,1-5H3. The molecule has 3 heteroatoms. The number of benzene rings is 1. The number of hydrogen-bond donors (Lipinski definition) is 1. The Morgan fingerprint density at radius 1 is 1.44 bits per heavy atom. The fourth-order valence-corrected chi connectivity index (χ4v) is 2.07. The van der Waals surface area contributed by atoms with Crippen molar-refractivity contribution in [2.24, 2.45) is 0 Å². The Bertz CT molecular complexity index is 446. The minimum Gasteiger partial charge on any atom is -0.381 e. The monoisotopic (exact) mass is 246 g/mol. The molecule has 0 fully saturated rings. The summed E-state index contributed by atoms with van der Waals surface area (Å²) in [4.78, 5) is 0. The second kappa shape index (κ2) is 5.88. The normalized spacial score (nSPS) is 12.9. The van der Waals surface area contributed by atoms with Crippen LogP contribution >= 0.6 is 0 Å². The maximum atomic E-state index is 9.18. The highest BCUT2D eigenvalue weighted by molar-refractivity contribution is 5.60. The van der Waals surface area contributed by atoms with Gasteiger partial charge in [-0.15, -0.1) is 0 Å². The summed E-state index contributed by atoms with van der Waals surface area (Å²) in [5.74, 6) is 0. The van der Waals surface area contributed by atoms with Crippen molar-refractivity contribution >= 4 is 5.69 Å². The van der Waals surface area contributed by atoms with Crippen molar-refractivity contribution in [1.82, 2.24) is 0 Å². The Labute approximate surface area is 110 Å². The molecule has 18 heavy (non-hydrogen) atoms. The lowest BCUT2D eigenvalue weighted by Crippen LogP contribution is -2.31. The molecule has 0 heterocycles. The van der Waals surface area contributed by atoms with E-state index >= 15 is 0 Å². The van der Waals surface area contributed by atoms with Gasteiger partial charge >= 0.3 is 0 Å². The van der Waals surface area contributed by atoms with Crippen LogP contribution in [0.5, 0.6) is 0 Å². The Balaban J connectivity index is 2.80. The van der Waals surface area contributed by atoms with E-state index in [0.717, 1.165) is 23.2 Å². The molecule has 0 saturated carbocycles. The highest BCUT2D eigenvalue weighted by Crippen LogP contribution is 2.22. The summed E-state index contributed by atoms with van der Waals surface area (Å²) >= 11 is 0. The number of nitrogens with zero attached hydrogens (tertiary/aromatic N) is 1. The van der Waals surface area contributed by atoms with Gasteiger partial charge in [0.25, 0.3) is 0 Å². The van der Waals surface area contributed by atoms with Crippen LogP contribution in [0.2, 0.25) is 0 Å². The molecule has 0 amide bonds. The average Bonchev–Trinajstić information content (AvgIpc) is 2.28. The van der Waals surface area contributed by atoms with Gasteiger partial charge in [0, 0.05) is 13.2 Å². The summed E-state index contributed by atoms with van der Waals surface area (Å²) in [5, 5.41) is 12.6. The average molecular weight is 246 g/mol. The van der Waals surface area contributed by atoms with Crippen molar-refractivity contribution in [2.75, 3.05) is 12.4 Å². The van der Waals surface area contributed by atoms with Gasteiger partial charge in [-0.3, -0.25) is 0 Å². The SMILES string of the molecule is COC(C)(C)CC(C)Nc1cccc(C)c1C#N. The summed E-state index contributed by atoms with van der Waals surface area (Å²) in [6.45, 7) is 8.18. The van der Waals surface area contributed by atoms with E-state index in [-0.39, 0.29) is 11.6 Å². The van der Waals surface area contributed by atoms with Crippen LogP contribution in [0, 0.1) is 18.3 Å². The van der Waals surface area contributed by atoms with Gasteiger partial charge in [-0.05, 0) is 45.7 Å². The molecule has 0 spiro atoms. The van der Waals surface area contributed by atoms with E-state index in [1.807, 2.05) is 25.1 Å². The number of anilines is 1. The molecule has 0 aromatic heterocycles. The van der Waals surface area contributed by atoms with Crippen LogP contribution in [-0.4, -0.2) is 18.8 Å². The molecular weight excluding hydrogens is 224 g/mol. The Morgan fingerprint density at radius 3 is 2.67 bits per heavy atom. The van der Waals surface area contributed by atoms with E-state index in [0.29, 0.717) is 0 Å². The molecule has 0 aliphatic rings. The molecule has 0 aliphatic carbocycles. The predicted octanol–water partition coefficient (Wildman–Crippen LogP) is 3.48. The molecule has 0 saturated heterocycles. The highest BCUT2D eigenvalue weighted by atomic mass is 16.5. The predicted molar refractivity (Wildman–Crippen MR) is 74.7 cm³/mol. The van der Waals surface area contributed by atoms with E-state index in [2.05, 4.69) is 32.2 Å². The van der Waals surface area contributed by atoms with Crippen LogP contribution in [0.3, 0.4) is 0 Å². The van der Waals surface area contributed by atoms with Crippen LogP contribution in [-0.2, 0) is 4.74 Å². The third-order valence-electron chi connectivity index (χ3n) is 3.14. The van der Waals surface area contributed by atoms with E-state index in [4.69, 9.17) is 4.74 Å². The number of nitriles is 1. The van der Waals surface area contributed by atoms with Crippen molar-refractivity contribution in [2.45, 2.75) is 45.8 Å². The van der Waals surface area contributed by atoms with E-state index in [9.17, 15) is 5.26 Å². The van der Waals surface area contributed by atoms with Crippen LogP contribution in [0.1, 0.15) is 38.3 Å². The van der Waals surface area contributed by atoms with Crippen molar-refractivity contribution in [3.8, 4) is 6.07 Å². The summed E-state index contributed by atoms with van der Waals surface area (Å²) in [7, 11) is 1.72. The zero-order valence-electron chi connectivity index (χ0n) is 11.9. The summed E-state index contributed by atoms with van der Waals surface area (Å²) < 4.78 is 5.42. The maximum Gasteiger partial charge on any atom is 0.102 e. The molecular formula is C15H22N2O. The van der Waals surface area contributed by atoms with Crippen LogP contribution < -0.4 is 5.32 Å². The maximum absolute atomic E-state index is 9.18. The molecule has 1 rings (SSSR count). The lowest BCUT2D eigenvalue weighted by atomic mass is 9.99. The van der Waals surface area contributed by atoms with Gasteiger partial charge in [0.15, 0.2) is 0 Å². The number of ether oxygens (including phenoxy) is 1. The lowest BCUT2D eigenvalue weighted by Gasteiger charge is -2.28. The van der Waals surface area contributed by atoms with Crippen molar-refractivity contribution in [3.63, 3.8) is 0 Å². The minimum absolute atomic E-state index is 0.164. The summed E-state index contributed by atoms with van der Waals surface area (Å²) in [5.41, 5.74) is 2.46. The van der Waals surface area contributed by atoms with Gasteiger partial charge in [-0.25, -0.2) is 0 Å². The number of hydrogen-bond acceptors (Lipinski definition) is 3. The zero-order valence-corrected chi connectivity index (χ0v) is 11.9. The Hall–Kier alpha value is -1.53. The molecule has 1 aromatic rings. The number of methoxy groups -OCH3 is 1. The third kappa shape index (κ3) is 3.75. The Kier molecular flexibility index (Phi) is 4.75. The van der Waals surface area contributed by atoms with Gasteiger partial charge < -0.3 is 10.1 Å². The van der Waals surface area contributed by atoms with Gasteiger partial charge in [-0.2, -0.15) is 5.26 Å². The third-order valence-corrected chi connectivity index (χ3v) is 3.14. The molecule has 0 aliphatic heterocycles. The first kappa shape index (κ1) is 14.5. The number of nitrogens with one attached hydrogen (secondary N) is 1. The van der Waals surface area contributed by atoms with E-state index < -0.39 is 0 Å². The van der Waals surface area contributed by atoms with Crippen molar-refractivity contribution in [3.05, 3.63) is 29.3 Å². The second-order valence-electron chi connectivity index (χ2n) is 5.32. The molecule has 98 valence electrons. The Morgan fingerprint density at radius 2 is 2.11 bits per heavy atom.